The average molecular weight is 299 g/mol. The number of benzene rings is 1. The van der Waals surface area contributed by atoms with E-state index in [1.165, 1.54) is 27.4 Å². The maximum Gasteiger partial charge on any atom is 0.330 e. The Balaban J connectivity index is 2.00. The number of aryl methyl sites for hydroxylation is 1. The SMILES string of the molecule is C[C@H]1CCN(Cc2cn(C)c(=O)n(C)c2=O)c2ccccc21. The average Bonchev–Trinajstić information content (AvgIpc) is 2.53. The zero-order valence-electron chi connectivity index (χ0n) is 13.2. The molecule has 0 aliphatic carbocycles. The Kier molecular flexibility index (Phi) is 3.64. The highest BCUT2D eigenvalue weighted by Crippen LogP contribution is 2.35. The number of hydrogen-bond acceptors (Lipinski definition) is 3. The van der Waals surface area contributed by atoms with Crippen LogP contribution in [-0.2, 0) is 20.6 Å². The van der Waals surface area contributed by atoms with Gasteiger partial charge in [-0.15, -0.1) is 0 Å². The fourth-order valence-electron chi connectivity index (χ4n) is 3.18. The molecule has 3 rings (SSSR count). The van der Waals surface area contributed by atoms with Crippen LogP contribution < -0.4 is 16.1 Å². The summed E-state index contributed by atoms with van der Waals surface area (Å²) in [5.41, 5.74) is 2.67. The highest BCUT2D eigenvalue weighted by molar-refractivity contribution is 5.57. The molecule has 0 radical (unpaired) electrons. The molecule has 2 heterocycles. The van der Waals surface area contributed by atoms with Crippen molar-refractivity contribution in [3.8, 4) is 0 Å². The summed E-state index contributed by atoms with van der Waals surface area (Å²) in [6.07, 6.45) is 2.73. The van der Waals surface area contributed by atoms with Crippen molar-refractivity contribution in [1.29, 1.82) is 0 Å². The summed E-state index contributed by atoms with van der Waals surface area (Å²) in [5, 5.41) is 0. The Morgan fingerprint density at radius 2 is 1.91 bits per heavy atom. The molecular weight excluding hydrogens is 278 g/mol. The smallest absolute Gasteiger partial charge is 0.330 e. The van der Waals surface area contributed by atoms with Crippen molar-refractivity contribution in [2.45, 2.75) is 25.8 Å². The second kappa shape index (κ2) is 5.48. The second-order valence-electron chi connectivity index (χ2n) is 6.08. The van der Waals surface area contributed by atoms with Crippen molar-refractivity contribution >= 4 is 5.69 Å². The predicted molar refractivity (Wildman–Crippen MR) is 87.4 cm³/mol. The zero-order chi connectivity index (χ0) is 15.9. The van der Waals surface area contributed by atoms with Gasteiger partial charge in [-0.1, -0.05) is 25.1 Å². The van der Waals surface area contributed by atoms with Crippen molar-refractivity contribution in [3.63, 3.8) is 0 Å². The molecule has 5 heteroatoms. The number of rotatable bonds is 2. The molecule has 1 atom stereocenters. The van der Waals surface area contributed by atoms with E-state index < -0.39 is 0 Å². The topological polar surface area (TPSA) is 47.2 Å². The van der Waals surface area contributed by atoms with Crippen LogP contribution in [0, 0.1) is 0 Å². The molecule has 0 N–H and O–H groups in total. The monoisotopic (exact) mass is 299 g/mol. The van der Waals surface area contributed by atoms with Gasteiger partial charge in [0.2, 0.25) is 0 Å². The first kappa shape index (κ1) is 14.6. The Morgan fingerprint density at radius 1 is 1.18 bits per heavy atom. The summed E-state index contributed by atoms with van der Waals surface area (Å²) < 4.78 is 2.64. The minimum absolute atomic E-state index is 0.209. The number of anilines is 1. The minimum Gasteiger partial charge on any atom is -0.367 e. The van der Waals surface area contributed by atoms with Crippen LogP contribution in [0.3, 0.4) is 0 Å². The maximum absolute atomic E-state index is 12.3. The van der Waals surface area contributed by atoms with Gasteiger partial charge in [-0.3, -0.25) is 9.36 Å². The molecule has 22 heavy (non-hydrogen) atoms. The Labute approximate surface area is 129 Å². The predicted octanol–water partition coefficient (Wildman–Crippen LogP) is 1.60. The summed E-state index contributed by atoms with van der Waals surface area (Å²) in [5.74, 6) is 0.537. The van der Waals surface area contributed by atoms with Crippen LogP contribution in [-0.4, -0.2) is 15.7 Å². The van der Waals surface area contributed by atoms with Crippen LogP contribution in [0.25, 0.3) is 0 Å². The van der Waals surface area contributed by atoms with Crippen molar-refractivity contribution in [2.75, 3.05) is 11.4 Å². The van der Waals surface area contributed by atoms with E-state index in [4.69, 9.17) is 0 Å². The molecule has 1 aromatic heterocycles. The van der Waals surface area contributed by atoms with E-state index in [9.17, 15) is 9.59 Å². The highest BCUT2D eigenvalue weighted by atomic mass is 16.2. The van der Waals surface area contributed by atoms with Crippen LogP contribution in [0.15, 0.2) is 40.1 Å². The fourth-order valence-corrected chi connectivity index (χ4v) is 3.18. The van der Waals surface area contributed by atoms with Crippen molar-refractivity contribution in [3.05, 3.63) is 62.4 Å². The third kappa shape index (κ3) is 2.36. The summed E-state index contributed by atoms with van der Waals surface area (Å²) in [6, 6.07) is 8.36. The maximum atomic E-state index is 12.3. The van der Waals surface area contributed by atoms with Crippen LogP contribution in [0.1, 0.15) is 30.4 Å². The van der Waals surface area contributed by atoms with Crippen molar-refractivity contribution in [2.24, 2.45) is 14.1 Å². The van der Waals surface area contributed by atoms with Gasteiger partial charge in [0.15, 0.2) is 0 Å². The van der Waals surface area contributed by atoms with Gasteiger partial charge in [-0.05, 0) is 24.0 Å². The number of para-hydroxylation sites is 1. The first-order chi connectivity index (χ1) is 10.5. The Bertz CT molecular complexity index is 819. The van der Waals surface area contributed by atoms with Crippen molar-refractivity contribution < 1.29 is 0 Å². The van der Waals surface area contributed by atoms with Gasteiger partial charge < -0.3 is 9.47 Å². The van der Waals surface area contributed by atoms with Gasteiger partial charge in [0.05, 0.1) is 5.56 Å². The molecule has 0 bridgehead atoms. The fraction of sp³-hybridized carbons (Fsp3) is 0.412. The molecule has 1 aromatic carbocycles. The third-order valence-electron chi connectivity index (χ3n) is 4.52. The lowest BCUT2D eigenvalue weighted by Gasteiger charge is -2.34. The Hall–Kier alpha value is -2.30. The number of aromatic nitrogens is 2. The summed E-state index contributed by atoms with van der Waals surface area (Å²) in [7, 11) is 3.21. The van der Waals surface area contributed by atoms with Crippen LogP contribution in [0.5, 0.6) is 0 Å². The molecule has 0 saturated carbocycles. The first-order valence-corrected chi connectivity index (χ1v) is 7.58. The lowest BCUT2D eigenvalue weighted by molar-refractivity contribution is 0.598. The molecule has 116 valence electrons. The highest BCUT2D eigenvalue weighted by Gasteiger charge is 2.22. The summed E-state index contributed by atoms with van der Waals surface area (Å²) >= 11 is 0. The van der Waals surface area contributed by atoms with E-state index >= 15 is 0 Å². The van der Waals surface area contributed by atoms with Crippen LogP contribution in [0.4, 0.5) is 5.69 Å². The zero-order valence-corrected chi connectivity index (χ0v) is 13.2. The Morgan fingerprint density at radius 3 is 2.68 bits per heavy atom. The van der Waals surface area contributed by atoms with Crippen molar-refractivity contribution in [1.82, 2.24) is 9.13 Å². The first-order valence-electron chi connectivity index (χ1n) is 7.58. The minimum atomic E-state index is -0.290. The van der Waals surface area contributed by atoms with Gasteiger partial charge in [0.25, 0.3) is 5.56 Å². The van der Waals surface area contributed by atoms with Gasteiger partial charge >= 0.3 is 5.69 Å². The van der Waals surface area contributed by atoms with E-state index in [0.717, 1.165) is 13.0 Å². The molecular formula is C17H21N3O2. The van der Waals surface area contributed by atoms with E-state index in [1.54, 1.807) is 13.2 Å². The standard InChI is InChI=1S/C17H21N3O2/c1-12-8-9-20(15-7-5-4-6-14(12)15)11-13-10-18(2)17(22)19(3)16(13)21/h4-7,10,12H,8-9,11H2,1-3H3/t12-/m0/s1. The molecule has 5 nitrogen and oxygen atoms in total. The van der Waals surface area contributed by atoms with E-state index in [1.807, 2.05) is 6.07 Å². The number of hydrogen-bond donors (Lipinski definition) is 0. The van der Waals surface area contributed by atoms with Gasteiger partial charge in [-0.2, -0.15) is 0 Å². The third-order valence-corrected chi connectivity index (χ3v) is 4.52. The molecule has 1 aliphatic heterocycles. The number of fused-ring (bicyclic) bond motifs is 1. The quantitative estimate of drug-likeness (QED) is 0.846. The second-order valence-corrected chi connectivity index (χ2v) is 6.08. The van der Waals surface area contributed by atoms with Gasteiger partial charge in [0, 0.05) is 39.1 Å². The molecule has 0 amide bonds. The molecule has 0 unspecified atom stereocenters. The summed E-state index contributed by atoms with van der Waals surface area (Å²) in [6.45, 7) is 3.69. The normalized spacial score (nSPS) is 17.4. The number of nitrogens with zero attached hydrogens (tertiary/aromatic N) is 3. The lowest BCUT2D eigenvalue weighted by Crippen LogP contribution is -2.41. The molecule has 0 spiro atoms. The van der Waals surface area contributed by atoms with E-state index in [2.05, 4.69) is 30.0 Å². The largest absolute Gasteiger partial charge is 0.367 e. The van der Waals surface area contributed by atoms with Gasteiger partial charge in [0.1, 0.15) is 0 Å². The van der Waals surface area contributed by atoms with Crippen LogP contribution >= 0.6 is 0 Å². The van der Waals surface area contributed by atoms with E-state index in [0.29, 0.717) is 18.0 Å². The van der Waals surface area contributed by atoms with Crippen LogP contribution in [0.2, 0.25) is 0 Å². The van der Waals surface area contributed by atoms with Gasteiger partial charge in [-0.25, -0.2) is 4.79 Å². The molecule has 2 aromatic rings. The lowest BCUT2D eigenvalue weighted by atomic mass is 9.91. The molecule has 0 saturated heterocycles. The molecule has 1 aliphatic rings. The molecule has 0 fully saturated rings. The van der Waals surface area contributed by atoms with E-state index in [-0.39, 0.29) is 11.2 Å². The summed E-state index contributed by atoms with van der Waals surface area (Å²) in [4.78, 5) is 26.3.